The van der Waals surface area contributed by atoms with Gasteiger partial charge in [0.05, 0.1) is 4.90 Å². The fourth-order valence-corrected chi connectivity index (χ4v) is 4.91. The van der Waals surface area contributed by atoms with Crippen LogP contribution in [0.15, 0.2) is 35.2 Å². The number of thioether (sulfide) groups is 1. The van der Waals surface area contributed by atoms with Gasteiger partial charge in [0.1, 0.15) is 6.04 Å². The SMILES string of the molecule is CNCC1CCN(C(=O)C(CCSC)NS(=O)(=O)c2ccccc2)CC1.Cl. The lowest BCUT2D eigenvalue weighted by atomic mass is 9.96. The lowest BCUT2D eigenvalue weighted by Gasteiger charge is -2.34. The second-order valence-corrected chi connectivity index (χ2v) is 9.29. The average Bonchev–Trinajstić information content (AvgIpc) is 2.66. The van der Waals surface area contributed by atoms with Crippen LogP contribution in [0.25, 0.3) is 0 Å². The van der Waals surface area contributed by atoms with E-state index in [0.717, 1.165) is 25.1 Å². The molecule has 2 N–H and O–H groups in total. The van der Waals surface area contributed by atoms with Gasteiger partial charge >= 0.3 is 0 Å². The number of nitrogens with zero attached hydrogens (tertiary/aromatic N) is 1. The van der Waals surface area contributed by atoms with E-state index in [4.69, 9.17) is 0 Å². The Morgan fingerprint density at radius 1 is 1.26 bits per heavy atom. The van der Waals surface area contributed by atoms with Crippen LogP contribution in [0.3, 0.4) is 0 Å². The number of halogens is 1. The van der Waals surface area contributed by atoms with Crippen molar-refractivity contribution in [2.45, 2.75) is 30.2 Å². The lowest BCUT2D eigenvalue weighted by Crippen LogP contribution is -2.51. The molecule has 0 bridgehead atoms. The van der Waals surface area contributed by atoms with E-state index in [2.05, 4.69) is 10.0 Å². The molecule has 0 radical (unpaired) electrons. The average molecular weight is 436 g/mol. The van der Waals surface area contributed by atoms with E-state index in [0.29, 0.717) is 25.4 Å². The van der Waals surface area contributed by atoms with Gasteiger partial charge in [-0.3, -0.25) is 4.79 Å². The van der Waals surface area contributed by atoms with Crippen LogP contribution in [-0.2, 0) is 14.8 Å². The Morgan fingerprint density at radius 2 is 1.89 bits per heavy atom. The third-order valence-corrected chi connectivity index (χ3v) is 6.81. The molecule has 154 valence electrons. The topological polar surface area (TPSA) is 78.5 Å². The van der Waals surface area contributed by atoms with Crippen molar-refractivity contribution in [3.63, 3.8) is 0 Å². The largest absolute Gasteiger partial charge is 0.341 e. The number of piperidine rings is 1. The van der Waals surface area contributed by atoms with Crippen LogP contribution >= 0.6 is 24.2 Å². The van der Waals surface area contributed by atoms with Crippen LogP contribution in [0.4, 0.5) is 0 Å². The van der Waals surface area contributed by atoms with E-state index in [-0.39, 0.29) is 23.2 Å². The highest BCUT2D eigenvalue weighted by molar-refractivity contribution is 7.98. The molecule has 1 heterocycles. The molecule has 0 aromatic heterocycles. The third-order valence-electron chi connectivity index (χ3n) is 4.68. The van der Waals surface area contributed by atoms with E-state index in [1.165, 1.54) is 0 Å². The van der Waals surface area contributed by atoms with Crippen LogP contribution in [-0.4, -0.2) is 64.0 Å². The number of carbonyl (C=O) groups excluding carboxylic acids is 1. The van der Waals surface area contributed by atoms with E-state index >= 15 is 0 Å². The molecule has 1 amide bonds. The number of hydrogen-bond acceptors (Lipinski definition) is 5. The van der Waals surface area contributed by atoms with Crippen molar-refractivity contribution in [2.24, 2.45) is 5.92 Å². The van der Waals surface area contributed by atoms with Gasteiger partial charge in [0, 0.05) is 13.1 Å². The van der Waals surface area contributed by atoms with E-state index in [1.54, 1.807) is 42.1 Å². The van der Waals surface area contributed by atoms with Crippen LogP contribution < -0.4 is 10.0 Å². The second-order valence-electron chi connectivity index (χ2n) is 6.59. The highest BCUT2D eigenvalue weighted by Crippen LogP contribution is 2.19. The lowest BCUT2D eigenvalue weighted by molar-refractivity contribution is -0.134. The minimum absolute atomic E-state index is 0. The number of amides is 1. The fraction of sp³-hybridized carbons (Fsp3) is 0.611. The fourth-order valence-electron chi connectivity index (χ4n) is 3.19. The molecule has 1 aromatic carbocycles. The molecule has 0 saturated carbocycles. The van der Waals surface area contributed by atoms with Crippen molar-refractivity contribution < 1.29 is 13.2 Å². The molecule has 27 heavy (non-hydrogen) atoms. The molecule has 1 unspecified atom stereocenters. The first-order valence-electron chi connectivity index (χ1n) is 8.97. The Kier molecular flexibility index (Phi) is 10.7. The molecule has 0 aliphatic carbocycles. The Bertz CT molecular complexity index is 666. The first kappa shape index (κ1) is 24.2. The Hall–Kier alpha value is -0.800. The Morgan fingerprint density at radius 3 is 2.44 bits per heavy atom. The smallest absolute Gasteiger partial charge is 0.241 e. The number of nitrogens with one attached hydrogen (secondary N) is 2. The van der Waals surface area contributed by atoms with Gasteiger partial charge in [0.2, 0.25) is 15.9 Å². The molecule has 1 atom stereocenters. The van der Waals surface area contributed by atoms with Crippen molar-refractivity contribution in [1.29, 1.82) is 0 Å². The van der Waals surface area contributed by atoms with Gasteiger partial charge in [-0.1, -0.05) is 18.2 Å². The molecule has 0 spiro atoms. The maximum atomic E-state index is 13.0. The summed E-state index contributed by atoms with van der Waals surface area (Å²) >= 11 is 1.61. The zero-order valence-electron chi connectivity index (χ0n) is 15.9. The normalized spacial score (nSPS) is 16.6. The van der Waals surface area contributed by atoms with E-state index in [1.807, 2.05) is 18.2 Å². The maximum Gasteiger partial charge on any atom is 0.241 e. The molecule has 1 fully saturated rings. The summed E-state index contributed by atoms with van der Waals surface area (Å²) in [6, 6.07) is 7.50. The van der Waals surface area contributed by atoms with Crippen LogP contribution in [0.1, 0.15) is 19.3 Å². The molecule has 2 rings (SSSR count). The number of benzene rings is 1. The standard InChI is InChI=1S/C18H29N3O3S2.ClH/c1-19-14-15-8-11-21(12-9-15)18(22)17(10-13-25-2)20-26(23,24)16-6-4-3-5-7-16;/h3-7,15,17,19-20H,8-14H2,1-2H3;1H. The molecular weight excluding hydrogens is 406 g/mol. The number of rotatable bonds is 9. The van der Waals surface area contributed by atoms with E-state index < -0.39 is 16.1 Å². The number of hydrogen-bond donors (Lipinski definition) is 2. The molecule has 9 heteroatoms. The third kappa shape index (κ3) is 7.27. The van der Waals surface area contributed by atoms with E-state index in [9.17, 15) is 13.2 Å². The predicted octanol–water partition coefficient (Wildman–Crippen LogP) is 1.97. The quantitative estimate of drug-likeness (QED) is 0.620. The Labute approximate surface area is 173 Å². The van der Waals surface area contributed by atoms with Crippen molar-refractivity contribution in [1.82, 2.24) is 14.9 Å². The molecular formula is C18H30ClN3O3S2. The summed E-state index contributed by atoms with van der Waals surface area (Å²) in [5.74, 6) is 1.19. The first-order chi connectivity index (χ1) is 12.5. The van der Waals surface area contributed by atoms with Crippen molar-refractivity contribution in [2.75, 3.05) is 38.7 Å². The van der Waals surface area contributed by atoms with Gasteiger partial charge in [0.15, 0.2) is 0 Å². The zero-order chi connectivity index (χ0) is 19.0. The maximum absolute atomic E-state index is 13.0. The highest BCUT2D eigenvalue weighted by Gasteiger charge is 2.31. The highest BCUT2D eigenvalue weighted by atomic mass is 35.5. The summed E-state index contributed by atoms with van der Waals surface area (Å²) in [5, 5.41) is 3.18. The number of sulfonamides is 1. The molecule has 1 aliphatic rings. The van der Waals surface area contributed by atoms with Crippen LogP contribution in [0.2, 0.25) is 0 Å². The number of likely N-dealkylation sites (tertiary alicyclic amines) is 1. The van der Waals surface area contributed by atoms with Gasteiger partial charge < -0.3 is 10.2 Å². The predicted molar refractivity (Wildman–Crippen MR) is 114 cm³/mol. The summed E-state index contributed by atoms with van der Waals surface area (Å²) in [4.78, 5) is 15.0. The zero-order valence-corrected chi connectivity index (χ0v) is 18.3. The minimum atomic E-state index is -3.71. The summed E-state index contributed by atoms with van der Waals surface area (Å²) in [6.07, 6.45) is 4.35. The van der Waals surface area contributed by atoms with Gasteiger partial charge in [-0.25, -0.2) is 8.42 Å². The second kappa shape index (κ2) is 11.9. The van der Waals surface area contributed by atoms with Crippen molar-refractivity contribution in [3.8, 4) is 0 Å². The van der Waals surface area contributed by atoms with Crippen LogP contribution in [0, 0.1) is 5.92 Å². The van der Waals surface area contributed by atoms with Crippen molar-refractivity contribution in [3.05, 3.63) is 30.3 Å². The summed E-state index contributed by atoms with van der Waals surface area (Å²) < 4.78 is 27.9. The molecule has 1 aliphatic heterocycles. The van der Waals surface area contributed by atoms with Gasteiger partial charge in [0.25, 0.3) is 0 Å². The van der Waals surface area contributed by atoms with Gasteiger partial charge in [-0.15, -0.1) is 12.4 Å². The summed E-state index contributed by atoms with van der Waals surface area (Å²) in [6.45, 7) is 2.33. The number of carbonyl (C=O) groups is 1. The minimum Gasteiger partial charge on any atom is -0.341 e. The monoisotopic (exact) mass is 435 g/mol. The van der Waals surface area contributed by atoms with Crippen molar-refractivity contribution >= 4 is 40.1 Å². The van der Waals surface area contributed by atoms with Gasteiger partial charge in [-0.05, 0) is 62.9 Å². The Balaban J connectivity index is 0.00000364. The van der Waals surface area contributed by atoms with Crippen LogP contribution in [0.5, 0.6) is 0 Å². The van der Waals surface area contributed by atoms with Gasteiger partial charge in [-0.2, -0.15) is 16.5 Å². The first-order valence-corrected chi connectivity index (χ1v) is 11.9. The molecule has 1 aromatic rings. The molecule has 6 nitrogen and oxygen atoms in total. The summed E-state index contributed by atoms with van der Waals surface area (Å²) in [7, 11) is -1.77. The molecule has 1 saturated heterocycles. The summed E-state index contributed by atoms with van der Waals surface area (Å²) in [5.41, 5.74) is 0.